The molecule has 9 heteroatoms. The fourth-order valence-electron chi connectivity index (χ4n) is 4.52. The number of aromatic nitrogens is 2. The molecule has 1 aliphatic heterocycles. The third-order valence-electron chi connectivity index (χ3n) is 6.38. The average Bonchev–Trinajstić information content (AvgIpc) is 3.29. The van der Waals surface area contributed by atoms with Gasteiger partial charge in [0.15, 0.2) is 0 Å². The first-order chi connectivity index (χ1) is 17.2. The Labute approximate surface area is 209 Å². The Hall–Kier alpha value is -4.14. The van der Waals surface area contributed by atoms with Crippen molar-refractivity contribution in [1.82, 2.24) is 14.5 Å². The molecule has 36 heavy (non-hydrogen) atoms. The summed E-state index contributed by atoms with van der Waals surface area (Å²) in [6.07, 6.45) is -0.192. The van der Waals surface area contributed by atoms with Crippen LogP contribution in [0.4, 0.5) is 9.59 Å². The van der Waals surface area contributed by atoms with E-state index < -0.39 is 29.7 Å². The Bertz CT molecular complexity index is 1240. The summed E-state index contributed by atoms with van der Waals surface area (Å²) in [6, 6.07) is 17.6. The van der Waals surface area contributed by atoms with Gasteiger partial charge in [-0.1, -0.05) is 74.5 Å². The summed E-state index contributed by atoms with van der Waals surface area (Å²) in [5.74, 6) is -1.44. The van der Waals surface area contributed by atoms with Crippen LogP contribution < -0.4 is 0 Å². The van der Waals surface area contributed by atoms with Crippen molar-refractivity contribution in [2.24, 2.45) is 5.92 Å². The van der Waals surface area contributed by atoms with Crippen LogP contribution in [-0.2, 0) is 33.9 Å². The van der Waals surface area contributed by atoms with Crippen LogP contribution in [0, 0.1) is 5.92 Å². The predicted molar refractivity (Wildman–Crippen MR) is 130 cm³/mol. The fraction of sp³-hybridized carbons (Fsp3) is 0.333. The Kier molecular flexibility index (Phi) is 7.10. The molecule has 2 atom stereocenters. The number of aliphatic carboxylic acids is 1. The standard InChI is InChI=1S/C27H29N3O6/c1-18(2)22-23-21(28-17-29(23)25(33)35-15-19-10-6-4-7-11-19)14-27(3,24(31)32)30(22)26(34)36-16-20-12-8-5-9-13-20/h4-13,17-18,22H,14-16H2,1-3H3,(H,31,32)/t22?,27-/m0/s1. The molecule has 0 saturated heterocycles. The molecule has 0 saturated carbocycles. The zero-order valence-corrected chi connectivity index (χ0v) is 20.5. The number of amides is 1. The molecule has 1 aromatic heterocycles. The molecule has 0 radical (unpaired) electrons. The van der Waals surface area contributed by atoms with Crippen molar-refractivity contribution in [3.63, 3.8) is 0 Å². The van der Waals surface area contributed by atoms with Crippen molar-refractivity contribution in [2.75, 3.05) is 0 Å². The van der Waals surface area contributed by atoms with Crippen LogP contribution in [0.15, 0.2) is 67.0 Å². The van der Waals surface area contributed by atoms with E-state index in [-0.39, 0.29) is 25.6 Å². The number of carbonyl (C=O) groups excluding carboxylic acids is 2. The maximum Gasteiger partial charge on any atom is 0.419 e. The molecule has 2 aromatic carbocycles. The first-order valence-electron chi connectivity index (χ1n) is 11.7. The van der Waals surface area contributed by atoms with Crippen LogP contribution >= 0.6 is 0 Å². The highest BCUT2D eigenvalue weighted by Gasteiger charge is 2.54. The number of ether oxygens (including phenoxy) is 2. The van der Waals surface area contributed by atoms with Gasteiger partial charge in [0, 0.05) is 6.42 Å². The van der Waals surface area contributed by atoms with Crippen molar-refractivity contribution < 1.29 is 29.0 Å². The normalized spacial score (nSPS) is 19.0. The third kappa shape index (κ3) is 4.82. The summed E-state index contributed by atoms with van der Waals surface area (Å²) in [7, 11) is 0. The number of carbonyl (C=O) groups is 3. The molecule has 4 rings (SSSR count). The smallest absolute Gasteiger partial charge is 0.419 e. The zero-order chi connectivity index (χ0) is 25.9. The Morgan fingerprint density at radius 1 is 0.972 bits per heavy atom. The van der Waals surface area contributed by atoms with Gasteiger partial charge >= 0.3 is 18.2 Å². The van der Waals surface area contributed by atoms with Crippen molar-refractivity contribution in [1.29, 1.82) is 0 Å². The number of benzene rings is 2. The topological polar surface area (TPSA) is 111 Å². The van der Waals surface area contributed by atoms with E-state index in [0.717, 1.165) is 11.1 Å². The van der Waals surface area contributed by atoms with Crippen LogP contribution in [0.2, 0.25) is 0 Å². The Balaban J connectivity index is 1.66. The minimum atomic E-state index is -1.62. The van der Waals surface area contributed by atoms with Crippen molar-refractivity contribution in [2.45, 2.75) is 52.0 Å². The molecule has 1 amide bonds. The summed E-state index contributed by atoms with van der Waals surface area (Å²) in [4.78, 5) is 44.5. The minimum absolute atomic E-state index is 0.0120. The van der Waals surface area contributed by atoms with E-state index in [1.807, 2.05) is 74.5 Å². The largest absolute Gasteiger partial charge is 0.479 e. The van der Waals surface area contributed by atoms with Crippen molar-refractivity contribution in [3.05, 3.63) is 89.5 Å². The highest BCUT2D eigenvalue weighted by Crippen LogP contribution is 2.43. The van der Waals surface area contributed by atoms with Crippen LogP contribution in [0.25, 0.3) is 0 Å². The van der Waals surface area contributed by atoms with Crippen LogP contribution in [-0.4, -0.2) is 43.3 Å². The molecule has 188 valence electrons. The van der Waals surface area contributed by atoms with Gasteiger partial charge in [0.1, 0.15) is 25.1 Å². The highest BCUT2D eigenvalue weighted by atomic mass is 16.6. The number of nitrogens with zero attached hydrogens (tertiary/aromatic N) is 3. The molecule has 3 aromatic rings. The molecule has 0 spiro atoms. The van der Waals surface area contributed by atoms with Crippen LogP contribution in [0.1, 0.15) is 49.3 Å². The van der Waals surface area contributed by atoms with Gasteiger partial charge in [0.25, 0.3) is 0 Å². The number of carboxylic acids is 1. The second-order valence-electron chi connectivity index (χ2n) is 9.34. The molecule has 0 aliphatic carbocycles. The lowest BCUT2D eigenvalue weighted by Gasteiger charge is -2.47. The highest BCUT2D eigenvalue weighted by molar-refractivity contribution is 5.86. The predicted octanol–water partition coefficient (Wildman–Crippen LogP) is 4.80. The number of rotatable bonds is 6. The first kappa shape index (κ1) is 25.0. The molecule has 0 bridgehead atoms. The molecular weight excluding hydrogens is 462 g/mol. The molecule has 0 fully saturated rings. The van der Waals surface area contributed by atoms with Crippen LogP contribution in [0.3, 0.4) is 0 Å². The van der Waals surface area contributed by atoms with E-state index in [9.17, 15) is 19.5 Å². The minimum Gasteiger partial charge on any atom is -0.479 e. The second kappa shape index (κ2) is 10.2. The van der Waals surface area contributed by atoms with Crippen molar-refractivity contribution >= 4 is 18.2 Å². The Morgan fingerprint density at radius 2 is 1.50 bits per heavy atom. The fourth-order valence-corrected chi connectivity index (χ4v) is 4.52. The summed E-state index contributed by atoms with van der Waals surface area (Å²) in [5, 5.41) is 10.2. The van der Waals surface area contributed by atoms with Crippen LogP contribution in [0.5, 0.6) is 0 Å². The van der Waals surface area contributed by atoms with Gasteiger partial charge in [0.2, 0.25) is 0 Å². The van der Waals surface area contributed by atoms with Gasteiger partial charge in [-0.2, -0.15) is 0 Å². The lowest BCUT2D eigenvalue weighted by atomic mass is 9.82. The monoisotopic (exact) mass is 491 g/mol. The lowest BCUT2D eigenvalue weighted by molar-refractivity contribution is -0.153. The summed E-state index contributed by atoms with van der Waals surface area (Å²) >= 11 is 0. The van der Waals surface area contributed by atoms with Gasteiger partial charge in [0.05, 0.1) is 17.4 Å². The van der Waals surface area contributed by atoms with E-state index in [2.05, 4.69) is 4.98 Å². The Morgan fingerprint density at radius 3 is 2.00 bits per heavy atom. The lowest BCUT2D eigenvalue weighted by Crippen LogP contribution is -2.61. The first-order valence-corrected chi connectivity index (χ1v) is 11.7. The van der Waals surface area contributed by atoms with E-state index in [0.29, 0.717) is 11.4 Å². The number of fused-ring (bicyclic) bond motifs is 1. The molecular formula is C27H29N3O6. The molecule has 1 unspecified atom stereocenters. The molecule has 1 aliphatic rings. The SMILES string of the molecule is CC(C)C1c2c(ncn2C(=O)OCc2ccccc2)C[C@@](C)(C(=O)O)N1C(=O)OCc1ccccc1. The maximum absolute atomic E-state index is 13.4. The van der Waals surface area contributed by atoms with Gasteiger partial charge in [-0.3, -0.25) is 4.90 Å². The maximum atomic E-state index is 13.4. The van der Waals surface area contributed by atoms with E-state index in [4.69, 9.17) is 9.47 Å². The average molecular weight is 492 g/mol. The summed E-state index contributed by atoms with van der Waals surface area (Å²) < 4.78 is 12.3. The van der Waals surface area contributed by atoms with E-state index in [1.165, 1.54) is 22.7 Å². The van der Waals surface area contributed by atoms with Gasteiger partial charge in [-0.15, -0.1) is 0 Å². The molecule has 2 heterocycles. The van der Waals surface area contributed by atoms with Gasteiger partial charge in [-0.25, -0.2) is 23.9 Å². The molecule has 1 N–H and O–H groups in total. The second-order valence-corrected chi connectivity index (χ2v) is 9.34. The summed E-state index contributed by atoms with van der Waals surface area (Å²) in [6.45, 7) is 5.24. The van der Waals surface area contributed by atoms with E-state index >= 15 is 0 Å². The molecule has 9 nitrogen and oxygen atoms in total. The number of hydrogen-bond acceptors (Lipinski definition) is 6. The van der Waals surface area contributed by atoms with E-state index in [1.54, 1.807) is 0 Å². The number of carboxylic acid groups (broad SMARTS) is 1. The quantitative estimate of drug-likeness (QED) is 0.527. The van der Waals surface area contributed by atoms with Crippen molar-refractivity contribution in [3.8, 4) is 0 Å². The number of imidazole rings is 1. The van der Waals surface area contributed by atoms with Gasteiger partial charge < -0.3 is 14.6 Å². The third-order valence-corrected chi connectivity index (χ3v) is 6.38. The zero-order valence-electron chi connectivity index (χ0n) is 20.5. The number of hydrogen-bond donors (Lipinski definition) is 1. The van der Waals surface area contributed by atoms with Gasteiger partial charge in [-0.05, 0) is 24.0 Å². The summed E-state index contributed by atoms with van der Waals surface area (Å²) in [5.41, 5.74) is 0.838.